The molecule has 4 nitrogen and oxygen atoms in total. The molecule has 1 aliphatic carbocycles. The number of hydrogen-bond donors (Lipinski definition) is 0. The van der Waals surface area contributed by atoms with Crippen LogP contribution >= 0.6 is 0 Å². The van der Waals surface area contributed by atoms with Gasteiger partial charge in [-0.25, -0.2) is 9.97 Å². The summed E-state index contributed by atoms with van der Waals surface area (Å²) in [5.74, 6) is 2.39. The monoisotopic (exact) mass is 261 g/mol. The van der Waals surface area contributed by atoms with Crippen molar-refractivity contribution in [2.45, 2.75) is 38.8 Å². The van der Waals surface area contributed by atoms with Crippen molar-refractivity contribution in [2.75, 3.05) is 20.2 Å². The van der Waals surface area contributed by atoms with E-state index in [9.17, 15) is 0 Å². The van der Waals surface area contributed by atoms with Crippen LogP contribution in [0.25, 0.3) is 0 Å². The molecule has 4 heteroatoms. The van der Waals surface area contributed by atoms with Crippen LogP contribution in [0.4, 0.5) is 0 Å². The van der Waals surface area contributed by atoms with Crippen LogP contribution in [0.1, 0.15) is 31.3 Å². The molecule has 2 heterocycles. The molecule has 19 heavy (non-hydrogen) atoms. The Hall–Kier alpha value is -1.00. The number of piperidine rings is 1. The Balaban J connectivity index is 1.65. The fraction of sp³-hybridized carbons (Fsp3) is 0.733. The van der Waals surface area contributed by atoms with Crippen LogP contribution in [0, 0.1) is 11.8 Å². The average Bonchev–Trinajstić information content (AvgIpc) is 2.69. The number of hydrogen-bond acceptors (Lipinski definition) is 4. The first-order valence-electron chi connectivity index (χ1n) is 7.36. The number of rotatable bonds is 4. The Morgan fingerprint density at radius 3 is 2.68 bits per heavy atom. The molecule has 1 aliphatic heterocycles. The Morgan fingerprint density at radius 1 is 1.32 bits per heavy atom. The van der Waals surface area contributed by atoms with Crippen molar-refractivity contribution in [1.29, 1.82) is 0 Å². The molecular weight excluding hydrogens is 238 g/mol. The number of fused-ring (bicyclic) bond motifs is 2. The van der Waals surface area contributed by atoms with Crippen molar-refractivity contribution in [3.63, 3.8) is 0 Å². The van der Waals surface area contributed by atoms with E-state index in [1.54, 1.807) is 0 Å². The van der Waals surface area contributed by atoms with E-state index in [1.165, 1.54) is 12.8 Å². The first-order chi connectivity index (χ1) is 9.30. The van der Waals surface area contributed by atoms with Gasteiger partial charge in [0.15, 0.2) is 0 Å². The first-order valence-corrected chi connectivity index (χ1v) is 7.36. The van der Waals surface area contributed by atoms with Crippen molar-refractivity contribution >= 4 is 0 Å². The maximum absolute atomic E-state index is 5.66. The van der Waals surface area contributed by atoms with Crippen molar-refractivity contribution < 1.29 is 4.74 Å². The van der Waals surface area contributed by atoms with Gasteiger partial charge in [-0.3, -0.25) is 4.90 Å². The molecule has 1 unspecified atom stereocenters. The molecule has 1 saturated heterocycles. The second-order valence-electron chi connectivity index (χ2n) is 5.81. The summed E-state index contributed by atoms with van der Waals surface area (Å²) in [5.41, 5.74) is 1.15. The summed E-state index contributed by atoms with van der Waals surface area (Å²) in [6.45, 7) is 5.36. The van der Waals surface area contributed by atoms with Crippen LogP contribution in [0.5, 0.6) is 0 Å². The lowest BCUT2D eigenvalue weighted by molar-refractivity contribution is -0.0183. The quantitative estimate of drug-likeness (QED) is 0.829. The maximum atomic E-state index is 5.66. The van der Waals surface area contributed by atoms with E-state index in [4.69, 9.17) is 4.74 Å². The number of aryl methyl sites for hydroxylation is 1. The molecule has 1 aromatic rings. The minimum atomic E-state index is 0.493. The van der Waals surface area contributed by atoms with Gasteiger partial charge in [-0.05, 0) is 30.7 Å². The van der Waals surface area contributed by atoms with E-state index < -0.39 is 0 Å². The molecule has 1 saturated carbocycles. The lowest BCUT2D eigenvalue weighted by atomic mass is 9.95. The zero-order valence-corrected chi connectivity index (χ0v) is 11.9. The Morgan fingerprint density at radius 2 is 2.05 bits per heavy atom. The predicted octanol–water partition coefficient (Wildman–Crippen LogP) is 1.90. The smallest absolute Gasteiger partial charge is 0.128 e. The number of likely N-dealkylation sites (tertiary alicyclic amines) is 1. The van der Waals surface area contributed by atoms with Crippen LogP contribution in [-0.4, -0.2) is 41.2 Å². The second kappa shape index (κ2) is 5.55. The van der Waals surface area contributed by atoms with Gasteiger partial charge in [0.05, 0.1) is 11.8 Å². The van der Waals surface area contributed by atoms with E-state index in [1.807, 2.05) is 19.4 Å². The highest BCUT2D eigenvalue weighted by molar-refractivity contribution is 5.04. The summed E-state index contributed by atoms with van der Waals surface area (Å²) in [6.07, 6.45) is 5.93. The van der Waals surface area contributed by atoms with Crippen LogP contribution in [0.3, 0.4) is 0 Å². The average molecular weight is 261 g/mol. The van der Waals surface area contributed by atoms with Crippen molar-refractivity contribution in [2.24, 2.45) is 11.8 Å². The fourth-order valence-corrected chi connectivity index (χ4v) is 3.71. The third kappa shape index (κ3) is 2.65. The highest BCUT2D eigenvalue weighted by atomic mass is 16.5. The Labute approximate surface area is 115 Å². The summed E-state index contributed by atoms with van der Waals surface area (Å²) in [5, 5.41) is 0. The van der Waals surface area contributed by atoms with Crippen molar-refractivity contribution in [1.82, 2.24) is 14.9 Å². The van der Waals surface area contributed by atoms with E-state index in [2.05, 4.69) is 21.8 Å². The van der Waals surface area contributed by atoms with Gasteiger partial charge in [0.2, 0.25) is 0 Å². The van der Waals surface area contributed by atoms with Crippen LogP contribution in [0.15, 0.2) is 12.3 Å². The van der Waals surface area contributed by atoms with Crippen molar-refractivity contribution in [3.8, 4) is 0 Å². The molecule has 104 valence electrons. The number of methoxy groups -OCH3 is 1. The van der Waals surface area contributed by atoms with Crippen LogP contribution in [-0.2, 0) is 17.7 Å². The Kier molecular flexibility index (Phi) is 3.80. The Bertz CT molecular complexity index is 423. The van der Waals surface area contributed by atoms with Crippen LogP contribution < -0.4 is 0 Å². The summed E-state index contributed by atoms with van der Waals surface area (Å²) in [6, 6.07) is 2.05. The zero-order chi connectivity index (χ0) is 13.2. The van der Waals surface area contributed by atoms with Crippen molar-refractivity contribution in [3.05, 3.63) is 23.8 Å². The standard InChI is InChI=1S/C15H23N3O/c1-3-14-16-7-6-13(17-14)10-18-8-11-4-5-12(9-18)15(11)19-2/h6-7,11-12,15H,3-5,8-10H2,1-2H3/t11-,12+,15?. The predicted molar refractivity (Wildman–Crippen MR) is 73.7 cm³/mol. The molecule has 3 atom stereocenters. The second-order valence-corrected chi connectivity index (χ2v) is 5.81. The molecule has 2 bridgehead atoms. The fourth-order valence-electron chi connectivity index (χ4n) is 3.71. The van der Waals surface area contributed by atoms with Gasteiger partial charge in [-0.2, -0.15) is 0 Å². The maximum Gasteiger partial charge on any atom is 0.128 e. The molecule has 0 spiro atoms. The van der Waals surface area contributed by atoms with Gasteiger partial charge in [-0.15, -0.1) is 0 Å². The molecule has 2 fully saturated rings. The summed E-state index contributed by atoms with van der Waals surface area (Å²) < 4.78 is 5.66. The summed E-state index contributed by atoms with van der Waals surface area (Å²) in [7, 11) is 1.86. The lowest BCUT2D eigenvalue weighted by Gasteiger charge is -2.37. The van der Waals surface area contributed by atoms with Gasteiger partial charge in [0.25, 0.3) is 0 Å². The number of ether oxygens (including phenoxy) is 1. The molecule has 0 radical (unpaired) electrons. The highest BCUT2D eigenvalue weighted by Crippen LogP contribution is 2.38. The van der Waals surface area contributed by atoms with E-state index in [-0.39, 0.29) is 0 Å². The van der Waals surface area contributed by atoms with Gasteiger partial charge in [0, 0.05) is 39.4 Å². The molecule has 2 aliphatic rings. The largest absolute Gasteiger partial charge is 0.381 e. The zero-order valence-electron chi connectivity index (χ0n) is 11.9. The van der Waals surface area contributed by atoms with E-state index in [0.717, 1.165) is 49.4 Å². The third-order valence-electron chi connectivity index (χ3n) is 4.56. The molecule has 0 aromatic carbocycles. The molecule has 3 rings (SSSR count). The van der Waals surface area contributed by atoms with Gasteiger partial charge < -0.3 is 4.74 Å². The SMILES string of the molecule is CCc1nccc(CN2C[C@H]3CC[C@@H](C2)C3OC)n1. The van der Waals surface area contributed by atoms with Gasteiger partial charge in [-0.1, -0.05) is 6.92 Å². The van der Waals surface area contributed by atoms with Crippen LogP contribution in [0.2, 0.25) is 0 Å². The highest BCUT2D eigenvalue weighted by Gasteiger charge is 2.42. The lowest BCUT2D eigenvalue weighted by Crippen LogP contribution is -2.45. The molecule has 1 aromatic heterocycles. The minimum Gasteiger partial charge on any atom is -0.381 e. The normalized spacial score (nSPS) is 30.7. The topological polar surface area (TPSA) is 38.2 Å². The molecule has 0 N–H and O–H groups in total. The molecular formula is C15H23N3O. The van der Waals surface area contributed by atoms with Gasteiger partial charge in [0.1, 0.15) is 5.82 Å². The van der Waals surface area contributed by atoms with E-state index in [0.29, 0.717) is 6.10 Å². The number of nitrogens with zero attached hydrogens (tertiary/aromatic N) is 3. The van der Waals surface area contributed by atoms with E-state index >= 15 is 0 Å². The number of aromatic nitrogens is 2. The third-order valence-corrected chi connectivity index (χ3v) is 4.56. The first kappa shape index (κ1) is 13.0. The summed E-state index contributed by atoms with van der Waals surface area (Å²) >= 11 is 0. The van der Waals surface area contributed by atoms with Gasteiger partial charge >= 0.3 is 0 Å². The summed E-state index contributed by atoms with van der Waals surface area (Å²) in [4.78, 5) is 11.4. The minimum absolute atomic E-state index is 0.493. The molecule has 0 amide bonds.